The Kier molecular flexibility index (Phi) is 14.3. The van der Waals surface area contributed by atoms with Gasteiger partial charge in [-0.1, -0.05) is 39.8 Å². The SMILES string of the molecule is CC(c1ncncc1F)c1ncnc([C@@H](C)[C@@](O)(Cn2cncn2)c2ccc(F)cc2F)c1F.CC(c1ncncc1F)c1ncnc([C@H](C)[C@](O)(Cn2cncn2)c2ccc(F)cc2F)c1F. The molecule has 2 unspecified atom stereocenters. The lowest BCUT2D eigenvalue weighted by atomic mass is 9.79. The van der Waals surface area contributed by atoms with Gasteiger partial charge < -0.3 is 10.2 Å². The highest BCUT2D eigenvalue weighted by Gasteiger charge is 2.44. The van der Waals surface area contributed by atoms with Gasteiger partial charge >= 0.3 is 0 Å². The monoisotopic (exact) mass is 946 g/mol. The number of halogens is 8. The molecule has 0 aliphatic carbocycles. The van der Waals surface area contributed by atoms with Crippen molar-refractivity contribution in [1.29, 1.82) is 0 Å². The van der Waals surface area contributed by atoms with Crippen LogP contribution in [0.2, 0.25) is 0 Å². The van der Waals surface area contributed by atoms with Crippen LogP contribution in [0.3, 0.4) is 0 Å². The minimum absolute atomic E-state index is 0.0753. The maximum Gasteiger partial charge on any atom is 0.167 e. The van der Waals surface area contributed by atoms with Gasteiger partial charge in [-0.05, 0) is 12.1 Å². The Morgan fingerprint density at radius 2 is 0.824 bits per heavy atom. The summed E-state index contributed by atoms with van der Waals surface area (Å²) >= 11 is 0. The zero-order valence-electron chi connectivity index (χ0n) is 36.1. The van der Waals surface area contributed by atoms with Crippen molar-refractivity contribution in [1.82, 2.24) is 69.4 Å². The first-order valence-corrected chi connectivity index (χ1v) is 20.4. The molecular weight excluding hydrogens is 909 g/mol. The average Bonchev–Trinajstić information content (AvgIpc) is 4.03. The Labute approximate surface area is 381 Å². The summed E-state index contributed by atoms with van der Waals surface area (Å²) < 4.78 is 119. The van der Waals surface area contributed by atoms with Crippen LogP contribution in [0, 0.1) is 46.5 Å². The molecule has 8 rings (SSSR count). The fourth-order valence-electron chi connectivity index (χ4n) is 7.71. The van der Waals surface area contributed by atoms with E-state index in [2.05, 4.69) is 60.0 Å². The van der Waals surface area contributed by atoms with E-state index in [9.17, 15) is 36.6 Å². The summed E-state index contributed by atoms with van der Waals surface area (Å²) in [4.78, 5) is 38.4. The van der Waals surface area contributed by atoms with Gasteiger partial charge in [0.15, 0.2) is 23.3 Å². The highest BCUT2D eigenvalue weighted by molar-refractivity contribution is 5.34. The third-order valence-electron chi connectivity index (χ3n) is 11.5. The maximum absolute atomic E-state index is 15.7. The van der Waals surface area contributed by atoms with Crippen LogP contribution in [-0.4, -0.2) is 79.6 Å². The van der Waals surface area contributed by atoms with Crippen molar-refractivity contribution in [3.8, 4) is 0 Å². The van der Waals surface area contributed by atoms with E-state index in [1.54, 1.807) is 0 Å². The molecule has 0 saturated heterocycles. The van der Waals surface area contributed by atoms with Crippen molar-refractivity contribution in [2.45, 2.75) is 75.7 Å². The maximum atomic E-state index is 15.7. The molecule has 6 heterocycles. The first-order valence-electron chi connectivity index (χ1n) is 20.4. The Hall–Kier alpha value is -7.60. The predicted molar refractivity (Wildman–Crippen MR) is 220 cm³/mol. The summed E-state index contributed by atoms with van der Waals surface area (Å²) in [6.07, 6.45) is 11.3. The molecule has 0 bridgehead atoms. The van der Waals surface area contributed by atoms with Crippen molar-refractivity contribution in [2.75, 3.05) is 0 Å². The second-order valence-corrected chi connectivity index (χ2v) is 15.6. The van der Waals surface area contributed by atoms with Crippen molar-refractivity contribution >= 4 is 0 Å². The van der Waals surface area contributed by atoms with Crippen molar-refractivity contribution in [3.63, 3.8) is 0 Å². The number of benzene rings is 2. The Balaban J connectivity index is 0.000000201. The van der Waals surface area contributed by atoms with Crippen LogP contribution in [0.25, 0.3) is 0 Å². The normalized spacial score (nSPS) is 15.0. The summed E-state index contributed by atoms with van der Waals surface area (Å²) in [5.41, 5.74) is -5.81. The van der Waals surface area contributed by atoms with Crippen LogP contribution >= 0.6 is 0 Å². The van der Waals surface area contributed by atoms with Crippen molar-refractivity contribution in [3.05, 3.63) is 191 Å². The van der Waals surface area contributed by atoms with Crippen molar-refractivity contribution < 1.29 is 45.3 Å². The fourth-order valence-corrected chi connectivity index (χ4v) is 7.71. The van der Waals surface area contributed by atoms with E-state index in [1.165, 1.54) is 62.4 Å². The molecule has 24 heteroatoms. The van der Waals surface area contributed by atoms with Crippen LogP contribution in [0.15, 0.2) is 99.4 Å². The summed E-state index contributed by atoms with van der Waals surface area (Å²) in [7, 11) is 0. The molecule has 6 aromatic heterocycles. The number of aromatic nitrogens is 14. The van der Waals surface area contributed by atoms with Crippen LogP contribution in [-0.2, 0) is 24.3 Å². The summed E-state index contributed by atoms with van der Waals surface area (Å²) in [6.45, 7) is 5.20. The molecule has 16 nitrogen and oxygen atoms in total. The smallest absolute Gasteiger partial charge is 0.167 e. The van der Waals surface area contributed by atoms with Gasteiger partial charge in [0.1, 0.15) is 85.1 Å². The number of hydrogen-bond donors (Lipinski definition) is 2. The number of rotatable bonds is 14. The van der Waals surface area contributed by atoms with E-state index in [0.29, 0.717) is 12.1 Å². The minimum atomic E-state index is -2.12. The Morgan fingerprint density at radius 3 is 1.16 bits per heavy atom. The molecule has 0 amide bonds. The summed E-state index contributed by atoms with van der Waals surface area (Å²) in [5.74, 6) is -11.2. The molecule has 0 fully saturated rings. The Bertz CT molecular complexity index is 2810. The van der Waals surface area contributed by atoms with Gasteiger partial charge in [0.2, 0.25) is 0 Å². The lowest BCUT2D eigenvalue weighted by Gasteiger charge is -2.34. The van der Waals surface area contributed by atoms with Gasteiger partial charge in [-0.2, -0.15) is 10.2 Å². The number of hydrogen-bond acceptors (Lipinski definition) is 14. The standard InChI is InChI=1S/2C22H19F4N7O/c2*1-12(19-17(25)6-27-8-29-19)20-18(26)21(31-10-30-20)13(2)22(34,7-33-11-28-9-32-33)15-4-3-14(23)5-16(15)24/h2*3-6,8-13,34H,7H2,1-2H3/t2*12?,13-,22+/m10/s1. The average molecular weight is 947 g/mol. The van der Waals surface area contributed by atoms with E-state index < -0.39 is 81.4 Å². The van der Waals surface area contributed by atoms with Crippen LogP contribution < -0.4 is 0 Å². The first-order chi connectivity index (χ1) is 32.4. The minimum Gasteiger partial charge on any atom is -0.382 e. The molecule has 2 N–H and O–H groups in total. The van der Waals surface area contributed by atoms with Crippen molar-refractivity contribution in [2.24, 2.45) is 0 Å². The fraction of sp³-hybridized carbons (Fsp3) is 0.273. The highest BCUT2D eigenvalue weighted by atomic mass is 19.2. The third kappa shape index (κ3) is 9.76. The van der Waals surface area contributed by atoms with Gasteiger partial charge in [-0.15, -0.1) is 0 Å². The zero-order valence-corrected chi connectivity index (χ0v) is 36.1. The zero-order chi connectivity index (χ0) is 48.9. The molecule has 0 spiro atoms. The van der Waals surface area contributed by atoms with E-state index >= 15 is 8.78 Å². The van der Waals surface area contributed by atoms with Crippen LogP contribution in [0.4, 0.5) is 35.1 Å². The van der Waals surface area contributed by atoms with Gasteiger partial charge in [0, 0.05) is 46.9 Å². The van der Waals surface area contributed by atoms with E-state index in [0.717, 1.165) is 62.0 Å². The molecule has 0 saturated carbocycles. The van der Waals surface area contributed by atoms with Crippen LogP contribution in [0.5, 0.6) is 0 Å². The molecule has 6 atom stereocenters. The predicted octanol–water partition coefficient (Wildman–Crippen LogP) is 6.52. The highest BCUT2D eigenvalue weighted by Crippen LogP contribution is 2.42. The lowest BCUT2D eigenvalue weighted by Crippen LogP contribution is -2.39. The lowest BCUT2D eigenvalue weighted by molar-refractivity contribution is -0.0137. The molecule has 0 aliphatic rings. The van der Waals surface area contributed by atoms with Gasteiger partial charge in [-0.25, -0.2) is 94.3 Å². The number of nitrogens with zero attached hydrogens (tertiary/aromatic N) is 14. The van der Waals surface area contributed by atoms with E-state index in [1.807, 2.05) is 0 Å². The topological polar surface area (TPSA) is 205 Å². The summed E-state index contributed by atoms with van der Waals surface area (Å²) in [6, 6.07) is 5.37. The molecule has 0 radical (unpaired) electrons. The Morgan fingerprint density at radius 1 is 0.456 bits per heavy atom. The van der Waals surface area contributed by atoms with E-state index in [-0.39, 0.29) is 58.4 Å². The molecule has 2 aromatic carbocycles. The molecule has 0 aliphatic heterocycles. The first kappa shape index (κ1) is 48.3. The molecule has 8 aromatic rings. The molecule has 352 valence electrons. The van der Waals surface area contributed by atoms with Gasteiger partial charge in [0.25, 0.3) is 0 Å². The molecule has 68 heavy (non-hydrogen) atoms. The second kappa shape index (κ2) is 20.1. The third-order valence-corrected chi connectivity index (χ3v) is 11.5. The van der Waals surface area contributed by atoms with Gasteiger partial charge in [-0.3, -0.25) is 0 Å². The second-order valence-electron chi connectivity index (χ2n) is 15.6. The molecular formula is C44H38F8N14O2. The van der Waals surface area contributed by atoms with Gasteiger partial charge in [0.05, 0.1) is 59.6 Å². The largest absolute Gasteiger partial charge is 0.382 e. The van der Waals surface area contributed by atoms with E-state index in [4.69, 9.17) is 0 Å². The summed E-state index contributed by atoms with van der Waals surface area (Å²) in [5, 5.41) is 31.3. The quantitative estimate of drug-likeness (QED) is 0.112. The van der Waals surface area contributed by atoms with Crippen LogP contribution in [0.1, 0.15) is 96.7 Å². The number of aliphatic hydroxyl groups is 2.